The third kappa shape index (κ3) is 4.19. The second kappa shape index (κ2) is 8.45. The Morgan fingerprint density at radius 3 is 2.87 bits per heavy atom. The Balaban J connectivity index is 1.56. The van der Waals surface area contributed by atoms with Crippen molar-refractivity contribution < 1.29 is 13.9 Å². The molecule has 3 heterocycles. The van der Waals surface area contributed by atoms with Gasteiger partial charge in [0.2, 0.25) is 4.80 Å². The lowest BCUT2D eigenvalue weighted by atomic mass is 10.1. The predicted molar refractivity (Wildman–Crippen MR) is 119 cm³/mol. The standard InChI is InChI=1S/C23H18N4O3S/c28-22-14-30-21-9-8-17(11-19(21)26-22)20-15-31-23(24-12-16-5-2-1-3-6-16)27(20)25-13-18-7-4-10-29-18/h1-11,13,15H,12,14H2,(H,26,28). The number of aromatic nitrogens is 1. The van der Waals surface area contributed by atoms with Gasteiger partial charge >= 0.3 is 0 Å². The van der Waals surface area contributed by atoms with Crippen molar-refractivity contribution in [1.29, 1.82) is 0 Å². The highest BCUT2D eigenvalue weighted by molar-refractivity contribution is 7.07. The van der Waals surface area contributed by atoms with E-state index in [0.29, 0.717) is 23.7 Å². The summed E-state index contributed by atoms with van der Waals surface area (Å²) in [6.45, 7) is 0.575. The second-order valence-corrected chi connectivity index (χ2v) is 7.66. The first-order valence-corrected chi connectivity index (χ1v) is 10.5. The van der Waals surface area contributed by atoms with Crippen molar-refractivity contribution in [2.24, 2.45) is 10.1 Å². The summed E-state index contributed by atoms with van der Waals surface area (Å²) in [6, 6.07) is 19.4. The van der Waals surface area contributed by atoms with E-state index in [1.807, 2.05) is 66.0 Å². The molecule has 5 rings (SSSR count). The highest BCUT2D eigenvalue weighted by atomic mass is 32.1. The van der Waals surface area contributed by atoms with Crippen LogP contribution >= 0.6 is 11.3 Å². The molecule has 1 aliphatic rings. The van der Waals surface area contributed by atoms with Crippen molar-refractivity contribution in [3.8, 4) is 17.0 Å². The Morgan fingerprint density at radius 1 is 1.13 bits per heavy atom. The van der Waals surface area contributed by atoms with E-state index < -0.39 is 0 Å². The smallest absolute Gasteiger partial charge is 0.262 e. The number of fused-ring (bicyclic) bond motifs is 1. The molecule has 1 aliphatic heterocycles. The minimum absolute atomic E-state index is 0.0285. The number of furan rings is 1. The van der Waals surface area contributed by atoms with E-state index in [4.69, 9.17) is 14.1 Å². The van der Waals surface area contributed by atoms with Gasteiger partial charge in [-0.05, 0) is 35.9 Å². The van der Waals surface area contributed by atoms with Crippen LogP contribution in [0.2, 0.25) is 0 Å². The van der Waals surface area contributed by atoms with E-state index in [9.17, 15) is 4.79 Å². The number of anilines is 1. The molecule has 0 aliphatic carbocycles. The maximum absolute atomic E-state index is 11.7. The van der Waals surface area contributed by atoms with Crippen LogP contribution in [0.15, 0.2) is 86.8 Å². The van der Waals surface area contributed by atoms with Crippen molar-refractivity contribution >= 4 is 29.1 Å². The number of rotatable bonds is 5. The topological polar surface area (TPSA) is 81.1 Å². The monoisotopic (exact) mass is 430 g/mol. The molecule has 0 spiro atoms. The minimum Gasteiger partial charge on any atom is -0.482 e. The predicted octanol–water partition coefficient (Wildman–Crippen LogP) is 4.12. The molecule has 0 fully saturated rings. The van der Waals surface area contributed by atoms with Crippen LogP contribution in [-0.2, 0) is 11.3 Å². The summed E-state index contributed by atoms with van der Waals surface area (Å²) in [6.07, 6.45) is 3.26. The summed E-state index contributed by atoms with van der Waals surface area (Å²) in [5, 5.41) is 9.47. The molecule has 0 saturated heterocycles. The van der Waals surface area contributed by atoms with E-state index in [1.54, 1.807) is 17.2 Å². The lowest BCUT2D eigenvalue weighted by Crippen LogP contribution is -2.25. The van der Waals surface area contributed by atoms with Crippen molar-refractivity contribution in [1.82, 2.24) is 4.68 Å². The van der Waals surface area contributed by atoms with E-state index in [1.165, 1.54) is 11.3 Å². The SMILES string of the molecule is O=C1COc2ccc(-c3csc(=NCc4ccccc4)n3N=Cc3ccco3)cc2N1. The zero-order valence-corrected chi connectivity index (χ0v) is 17.2. The lowest BCUT2D eigenvalue weighted by molar-refractivity contribution is -0.118. The number of carbonyl (C=O) groups is 1. The van der Waals surface area contributed by atoms with E-state index >= 15 is 0 Å². The Hall–Kier alpha value is -3.91. The molecular formula is C23H18N4O3S. The van der Waals surface area contributed by atoms with Crippen molar-refractivity contribution in [3.05, 3.63) is 88.4 Å². The molecule has 0 saturated carbocycles. The zero-order chi connectivity index (χ0) is 21.0. The molecule has 2 aromatic heterocycles. The van der Waals surface area contributed by atoms with Crippen LogP contribution in [0, 0.1) is 0 Å². The van der Waals surface area contributed by atoms with Gasteiger partial charge in [0.1, 0.15) is 11.5 Å². The number of hydrogen-bond acceptors (Lipinski definition) is 6. The van der Waals surface area contributed by atoms with Gasteiger partial charge in [-0.15, -0.1) is 11.3 Å². The Kier molecular flexibility index (Phi) is 5.20. The van der Waals surface area contributed by atoms with Crippen molar-refractivity contribution in [3.63, 3.8) is 0 Å². The van der Waals surface area contributed by atoms with Crippen molar-refractivity contribution in [2.75, 3.05) is 11.9 Å². The molecule has 7 nitrogen and oxygen atoms in total. The second-order valence-electron chi connectivity index (χ2n) is 6.82. The fraction of sp³-hybridized carbons (Fsp3) is 0.0870. The number of ether oxygens (including phenoxy) is 1. The van der Waals surface area contributed by atoms with Gasteiger partial charge in [0.25, 0.3) is 5.91 Å². The Bertz CT molecular complexity index is 1300. The van der Waals surface area contributed by atoms with Gasteiger partial charge in [0.05, 0.1) is 30.4 Å². The highest BCUT2D eigenvalue weighted by Gasteiger charge is 2.17. The molecule has 31 heavy (non-hydrogen) atoms. The van der Waals surface area contributed by atoms with Gasteiger partial charge in [0.15, 0.2) is 6.61 Å². The van der Waals surface area contributed by atoms with Gasteiger partial charge in [0, 0.05) is 10.9 Å². The summed E-state index contributed by atoms with van der Waals surface area (Å²) >= 11 is 1.50. The highest BCUT2D eigenvalue weighted by Crippen LogP contribution is 2.32. The first-order valence-electron chi connectivity index (χ1n) is 9.66. The number of nitrogens with one attached hydrogen (secondary N) is 1. The molecule has 2 aromatic carbocycles. The zero-order valence-electron chi connectivity index (χ0n) is 16.4. The van der Waals surface area contributed by atoms with Crippen LogP contribution in [-0.4, -0.2) is 23.4 Å². The van der Waals surface area contributed by atoms with Crippen LogP contribution < -0.4 is 14.9 Å². The first kappa shape index (κ1) is 19.1. The lowest BCUT2D eigenvalue weighted by Gasteiger charge is -2.18. The Labute approximate surface area is 182 Å². The Morgan fingerprint density at radius 2 is 2.03 bits per heavy atom. The third-order valence-corrected chi connectivity index (χ3v) is 5.53. The van der Waals surface area contributed by atoms with E-state index in [0.717, 1.165) is 21.6 Å². The van der Waals surface area contributed by atoms with Gasteiger partial charge in [-0.2, -0.15) is 5.10 Å². The molecule has 0 radical (unpaired) electrons. The summed E-state index contributed by atoms with van der Waals surface area (Å²) in [5.41, 5.74) is 3.50. The summed E-state index contributed by atoms with van der Waals surface area (Å²) in [5.74, 6) is 1.13. The fourth-order valence-electron chi connectivity index (χ4n) is 3.18. The number of carbonyl (C=O) groups excluding carboxylic acids is 1. The molecule has 1 amide bonds. The largest absolute Gasteiger partial charge is 0.482 e. The molecule has 0 bridgehead atoms. The van der Waals surface area contributed by atoms with Crippen LogP contribution in [0.4, 0.5) is 5.69 Å². The van der Waals surface area contributed by atoms with Gasteiger partial charge in [-0.1, -0.05) is 30.3 Å². The minimum atomic E-state index is -0.169. The molecule has 8 heteroatoms. The molecule has 0 unspecified atom stereocenters. The number of benzene rings is 2. The van der Waals surface area contributed by atoms with Crippen LogP contribution in [0.1, 0.15) is 11.3 Å². The normalized spacial score (nSPS) is 13.8. The summed E-state index contributed by atoms with van der Waals surface area (Å²) in [4.78, 5) is 17.2. The number of nitrogens with zero attached hydrogens (tertiary/aromatic N) is 3. The first-order chi connectivity index (χ1) is 15.3. The summed E-state index contributed by atoms with van der Waals surface area (Å²) in [7, 11) is 0. The number of amides is 1. The third-order valence-electron chi connectivity index (χ3n) is 4.68. The maximum Gasteiger partial charge on any atom is 0.262 e. The fourth-order valence-corrected chi connectivity index (χ4v) is 4.02. The van der Waals surface area contributed by atoms with Crippen LogP contribution in [0.5, 0.6) is 5.75 Å². The molecule has 4 aromatic rings. The number of thiazole rings is 1. The van der Waals surface area contributed by atoms with Gasteiger partial charge < -0.3 is 14.5 Å². The van der Waals surface area contributed by atoms with Crippen LogP contribution in [0.25, 0.3) is 11.3 Å². The molecule has 0 atom stereocenters. The quantitative estimate of drug-likeness (QED) is 0.484. The molecule has 154 valence electrons. The molecular weight excluding hydrogens is 412 g/mol. The number of hydrogen-bond donors (Lipinski definition) is 1. The summed E-state index contributed by atoms with van der Waals surface area (Å²) < 4.78 is 12.6. The van der Waals surface area contributed by atoms with E-state index in [2.05, 4.69) is 10.4 Å². The molecule has 1 N–H and O–H groups in total. The average molecular weight is 430 g/mol. The average Bonchev–Trinajstić information content (AvgIpc) is 3.46. The van der Waals surface area contributed by atoms with Crippen molar-refractivity contribution in [2.45, 2.75) is 6.54 Å². The van der Waals surface area contributed by atoms with Gasteiger partial charge in [-0.3, -0.25) is 9.79 Å². The maximum atomic E-state index is 11.7. The van der Waals surface area contributed by atoms with Crippen LogP contribution in [0.3, 0.4) is 0 Å². The van der Waals surface area contributed by atoms with Gasteiger partial charge in [-0.25, -0.2) is 4.68 Å². The van der Waals surface area contributed by atoms with E-state index in [-0.39, 0.29) is 12.5 Å².